The number of hydrogen-bond acceptors (Lipinski definition) is 4. The van der Waals surface area contributed by atoms with Crippen LogP contribution in [0.1, 0.15) is 34.9 Å². The maximum atomic E-state index is 13.8. The summed E-state index contributed by atoms with van der Waals surface area (Å²) in [4.78, 5) is 11.7. The molecule has 30 heavy (non-hydrogen) atoms. The maximum absolute atomic E-state index is 13.8. The number of rotatable bonds is 6. The van der Waals surface area contributed by atoms with Crippen molar-refractivity contribution in [3.05, 3.63) is 77.0 Å². The van der Waals surface area contributed by atoms with Gasteiger partial charge < -0.3 is 9.84 Å². The Kier molecular flexibility index (Phi) is 5.11. The molecule has 0 amide bonds. The van der Waals surface area contributed by atoms with Gasteiger partial charge in [-0.25, -0.2) is 12.4 Å². The number of aliphatic carboxylic acids is 1. The number of halogens is 1. The Labute approximate surface area is 179 Å². The molecule has 1 aliphatic rings. The van der Waals surface area contributed by atoms with Crippen LogP contribution >= 0.6 is 11.6 Å². The summed E-state index contributed by atoms with van der Waals surface area (Å²) in [5, 5.41) is 9.49. The van der Waals surface area contributed by atoms with Gasteiger partial charge in [-0.05, 0) is 48.4 Å². The summed E-state index contributed by atoms with van der Waals surface area (Å²) in [7, 11) is -4.08. The highest BCUT2D eigenvalue weighted by molar-refractivity contribution is 7.90. The van der Waals surface area contributed by atoms with Crippen LogP contribution < -0.4 is 4.74 Å². The van der Waals surface area contributed by atoms with Crippen LogP contribution in [0.2, 0.25) is 5.02 Å². The van der Waals surface area contributed by atoms with Crippen molar-refractivity contribution < 1.29 is 23.1 Å². The Morgan fingerprint density at radius 3 is 2.73 bits per heavy atom. The molecular formula is C22H20ClNO5S. The van der Waals surface area contributed by atoms with Crippen LogP contribution in [0.3, 0.4) is 0 Å². The van der Waals surface area contributed by atoms with E-state index in [2.05, 4.69) is 6.58 Å². The Morgan fingerprint density at radius 1 is 1.27 bits per heavy atom. The van der Waals surface area contributed by atoms with E-state index in [9.17, 15) is 18.3 Å². The summed E-state index contributed by atoms with van der Waals surface area (Å²) in [6, 6.07) is 11.6. The molecule has 6 nitrogen and oxygen atoms in total. The summed E-state index contributed by atoms with van der Waals surface area (Å²) in [6.07, 6.45) is 2.07. The lowest BCUT2D eigenvalue weighted by atomic mass is 10.1. The minimum atomic E-state index is -4.08. The van der Waals surface area contributed by atoms with Crippen molar-refractivity contribution in [1.82, 2.24) is 3.97 Å². The van der Waals surface area contributed by atoms with Gasteiger partial charge in [-0.2, -0.15) is 0 Å². The van der Waals surface area contributed by atoms with Gasteiger partial charge in [0.1, 0.15) is 11.0 Å². The molecule has 0 aliphatic carbocycles. The number of benzene rings is 2. The molecule has 1 N–H and O–H groups in total. The van der Waals surface area contributed by atoms with E-state index in [-0.39, 0.29) is 5.69 Å². The molecule has 0 radical (unpaired) electrons. The van der Waals surface area contributed by atoms with Gasteiger partial charge in [0, 0.05) is 22.5 Å². The fourth-order valence-corrected chi connectivity index (χ4v) is 5.91. The molecule has 0 spiro atoms. The van der Waals surface area contributed by atoms with Gasteiger partial charge >= 0.3 is 5.97 Å². The zero-order valence-electron chi connectivity index (χ0n) is 16.2. The van der Waals surface area contributed by atoms with E-state index >= 15 is 0 Å². The van der Waals surface area contributed by atoms with Crippen LogP contribution in [0.5, 0.6) is 5.75 Å². The first-order valence-electron chi connectivity index (χ1n) is 9.40. The molecule has 4 rings (SSSR count). The Bertz CT molecular complexity index is 1280. The van der Waals surface area contributed by atoms with Gasteiger partial charge in [-0.15, -0.1) is 6.58 Å². The second-order valence-electron chi connectivity index (χ2n) is 7.26. The van der Waals surface area contributed by atoms with Crippen molar-refractivity contribution in [3.8, 4) is 5.75 Å². The fraction of sp³-hybridized carbons (Fsp3) is 0.227. The Hall–Kier alpha value is -2.77. The third-order valence-electron chi connectivity index (χ3n) is 5.39. The standard InChI is InChI=1S/C22H20ClNO5S/c1-3-21(15-4-7-20-14(10-15)8-9-29-20)30(27,28)24-18-6-5-17(23)11-16(18)12-19(24)13(2)22(25)26/h3-7,10-13,21H,1,8-9H2,2H3,(H,25,26). The molecule has 0 bridgehead atoms. The molecule has 0 fully saturated rings. The molecule has 1 aromatic heterocycles. The topological polar surface area (TPSA) is 85.6 Å². The first-order chi connectivity index (χ1) is 14.2. The van der Waals surface area contributed by atoms with E-state index in [1.54, 1.807) is 36.4 Å². The minimum absolute atomic E-state index is 0.163. The van der Waals surface area contributed by atoms with Gasteiger partial charge in [0.2, 0.25) is 10.0 Å². The lowest BCUT2D eigenvalue weighted by Gasteiger charge is -2.20. The summed E-state index contributed by atoms with van der Waals surface area (Å²) in [6.45, 7) is 5.77. The van der Waals surface area contributed by atoms with E-state index in [1.807, 2.05) is 6.07 Å². The zero-order chi connectivity index (χ0) is 21.6. The summed E-state index contributed by atoms with van der Waals surface area (Å²) in [5.74, 6) is -1.41. The van der Waals surface area contributed by atoms with Crippen molar-refractivity contribution in [3.63, 3.8) is 0 Å². The van der Waals surface area contributed by atoms with E-state index in [0.717, 1.165) is 15.3 Å². The molecule has 0 saturated heterocycles. The second-order valence-corrected chi connectivity index (χ2v) is 9.60. The molecule has 0 saturated carbocycles. The van der Waals surface area contributed by atoms with E-state index in [4.69, 9.17) is 16.3 Å². The molecule has 8 heteroatoms. The molecule has 2 unspecified atom stereocenters. The fourth-order valence-electron chi connectivity index (χ4n) is 3.82. The van der Waals surface area contributed by atoms with E-state index in [0.29, 0.717) is 34.5 Å². The highest BCUT2D eigenvalue weighted by Crippen LogP contribution is 2.37. The Morgan fingerprint density at radius 2 is 2.03 bits per heavy atom. The van der Waals surface area contributed by atoms with Crippen molar-refractivity contribution in [2.24, 2.45) is 0 Å². The first kappa shape index (κ1) is 20.5. The third kappa shape index (κ3) is 3.28. The van der Waals surface area contributed by atoms with Crippen LogP contribution in [0.15, 0.2) is 55.1 Å². The molecule has 2 heterocycles. The molecule has 3 aromatic rings. The van der Waals surface area contributed by atoms with Crippen LogP contribution in [0.4, 0.5) is 0 Å². The van der Waals surface area contributed by atoms with Crippen molar-refractivity contribution in [1.29, 1.82) is 0 Å². The average Bonchev–Trinajstić information content (AvgIpc) is 3.31. The van der Waals surface area contributed by atoms with E-state index < -0.39 is 27.2 Å². The monoisotopic (exact) mass is 445 g/mol. The molecule has 1 aliphatic heterocycles. The second kappa shape index (κ2) is 7.49. The number of hydrogen-bond donors (Lipinski definition) is 1. The van der Waals surface area contributed by atoms with Gasteiger partial charge in [-0.1, -0.05) is 29.8 Å². The number of fused-ring (bicyclic) bond motifs is 2. The van der Waals surface area contributed by atoms with Crippen LogP contribution in [-0.4, -0.2) is 30.1 Å². The highest BCUT2D eigenvalue weighted by atomic mass is 35.5. The zero-order valence-corrected chi connectivity index (χ0v) is 17.8. The number of carboxylic acid groups (broad SMARTS) is 1. The number of carboxylic acids is 1. The Balaban J connectivity index is 1.93. The quantitative estimate of drug-likeness (QED) is 0.563. The van der Waals surface area contributed by atoms with Gasteiger partial charge in [-0.3, -0.25) is 4.79 Å². The minimum Gasteiger partial charge on any atom is -0.493 e. The van der Waals surface area contributed by atoms with Crippen LogP contribution in [0, 0.1) is 0 Å². The van der Waals surface area contributed by atoms with Gasteiger partial charge in [0.25, 0.3) is 0 Å². The summed E-state index contributed by atoms with van der Waals surface area (Å²) < 4.78 is 34.2. The maximum Gasteiger partial charge on any atom is 0.312 e. The third-order valence-corrected chi connectivity index (χ3v) is 7.65. The normalized spacial score (nSPS) is 15.4. The molecule has 156 valence electrons. The van der Waals surface area contributed by atoms with E-state index in [1.165, 1.54) is 13.0 Å². The number of nitrogens with zero attached hydrogens (tertiary/aromatic N) is 1. The number of aromatic nitrogens is 1. The van der Waals surface area contributed by atoms with Crippen molar-refractivity contribution in [2.45, 2.75) is 24.5 Å². The predicted octanol–water partition coefficient (Wildman–Crippen LogP) is 4.52. The molecule has 2 atom stereocenters. The van der Waals surface area contributed by atoms with Crippen LogP contribution in [-0.2, 0) is 21.2 Å². The smallest absolute Gasteiger partial charge is 0.312 e. The first-order valence-corrected chi connectivity index (χ1v) is 11.3. The van der Waals surface area contributed by atoms with Gasteiger partial charge in [0.05, 0.1) is 18.0 Å². The van der Waals surface area contributed by atoms with Gasteiger partial charge in [0.15, 0.2) is 0 Å². The molecule has 2 aromatic carbocycles. The lowest BCUT2D eigenvalue weighted by molar-refractivity contribution is -0.138. The van der Waals surface area contributed by atoms with Crippen LogP contribution in [0.25, 0.3) is 10.9 Å². The predicted molar refractivity (Wildman–Crippen MR) is 116 cm³/mol. The lowest BCUT2D eigenvalue weighted by Crippen LogP contribution is -2.24. The number of carbonyl (C=O) groups is 1. The van der Waals surface area contributed by atoms with Crippen molar-refractivity contribution in [2.75, 3.05) is 6.61 Å². The highest BCUT2D eigenvalue weighted by Gasteiger charge is 2.33. The average molecular weight is 446 g/mol. The number of ether oxygens (including phenoxy) is 1. The summed E-state index contributed by atoms with van der Waals surface area (Å²) >= 11 is 6.07. The largest absolute Gasteiger partial charge is 0.493 e. The summed E-state index contributed by atoms with van der Waals surface area (Å²) in [5.41, 5.74) is 2.03. The van der Waals surface area contributed by atoms with Crippen molar-refractivity contribution >= 4 is 38.5 Å². The molecular weight excluding hydrogens is 426 g/mol. The SMILES string of the molecule is C=CC(c1ccc2c(c1)CCO2)S(=O)(=O)n1c(C(C)C(=O)O)cc2cc(Cl)ccc21.